The highest BCUT2D eigenvalue weighted by Crippen LogP contribution is 2.29. The molecular formula is C12H16OS. The topological polar surface area (TPSA) is 17.1 Å². The molecule has 0 aromatic carbocycles. The number of hydrogen-bond donors (Lipinski definition) is 0. The van der Waals surface area contributed by atoms with E-state index >= 15 is 0 Å². The highest BCUT2D eigenvalue weighted by molar-refractivity contribution is 7.14. The van der Waals surface area contributed by atoms with Gasteiger partial charge in [-0.2, -0.15) is 0 Å². The SMILES string of the molecule is CCC(=O)c1cc2c(s1)CCCCC2. The predicted octanol–water partition coefficient (Wildman–Crippen LogP) is 3.61. The van der Waals surface area contributed by atoms with E-state index < -0.39 is 0 Å². The van der Waals surface area contributed by atoms with E-state index in [2.05, 4.69) is 6.07 Å². The van der Waals surface area contributed by atoms with E-state index in [0.29, 0.717) is 12.2 Å². The Bertz CT molecular complexity index is 315. The lowest BCUT2D eigenvalue weighted by atomic mass is 10.1. The molecule has 2 heteroatoms. The van der Waals surface area contributed by atoms with Gasteiger partial charge in [0.2, 0.25) is 0 Å². The molecule has 1 heterocycles. The molecule has 0 radical (unpaired) electrons. The van der Waals surface area contributed by atoms with Gasteiger partial charge in [-0.25, -0.2) is 0 Å². The third kappa shape index (κ3) is 1.90. The van der Waals surface area contributed by atoms with Gasteiger partial charge in [0.15, 0.2) is 5.78 Å². The maximum Gasteiger partial charge on any atom is 0.172 e. The van der Waals surface area contributed by atoms with Crippen molar-refractivity contribution in [2.24, 2.45) is 0 Å². The van der Waals surface area contributed by atoms with Gasteiger partial charge >= 0.3 is 0 Å². The third-order valence-electron chi connectivity index (χ3n) is 2.84. The number of fused-ring (bicyclic) bond motifs is 1. The zero-order chi connectivity index (χ0) is 9.97. The Labute approximate surface area is 89.1 Å². The molecule has 0 atom stereocenters. The van der Waals surface area contributed by atoms with Crippen LogP contribution in [0, 0.1) is 0 Å². The summed E-state index contributed by atoms with van der Waals surface area (Å²) in [6.07, 6.45) is 6.95. The van der Waals surface area contributed by atoms with Crippen LogP contribution in [-0.2, 0) is 12.8 Å². The lowest BCUT2D eigenvalue weighted by Gasteiger charge is -1.92. The van der Waals surface area contributed by atoms with E-state index in [1.165, 1.54) is 42.5 Å². The monoisotopic (exact) mass is 208 g/mol. The highest BCUT2D eigenvalue weighted by Gasteiger charge is 2.14. The number of hydrogen-bond acceptors (Lipinski definition) is 2. The Morgan fingerprint density at radius 3 is 2.93 bits per heavy atom. The van der Waals surface area contributed by atoms with Crippen molar-refractivity contribution in [3.8, 4) is 0 Å². The number of rotatable bonds is 2. The van der Waals surface area contributed by atoms with Crippen LogP contribution in [0.3, 0.4) is 0 Å². The molecule has 0 saturated heterocycles. The molecule has 14 heavy (non-hydrogen) atoms. The normalized spacial score (nSPS) is 16.1. The minimum Gasteiger partial charge on any atom is -0.293 e. The second-order valence-corrected chi connectivity index (χ2v) is 5.03. The van der Waals surface area contributed by atoms with Gasteiger partial charge in [0.25, 0.3) is 0 Å². The van der Waals surface area contributed by atoms with E-state index in [4.69, 9.17) is 0 Å². The zero-order valence-corrected chi connectivity index (χ0v) is 9.45. The van der Waals surface area contributed by atoms with Crippen molar-refractivity contribution in [2.45, 2.75) is 45.4 Å². The van der Waals surface area contributed by atoms with Crippen molar-refractivity contribution >= 4 is 17.1 Å². The smallest absolute Gasteiger partial charge is 0.172 e. The first-order chi connectivity index (χ1) is 6.81. The molecule has 0 saturated carbocycles. The largest absolute Gasteiger partial charge is 0.293 e. The molecule has 1 aliphatic carbocycles. The number of carbonyl (C=O) groups excluding carboxylic acids is 1. The third-order valence-corrected chi connectivity index (χ3v) is 4.12. The minimum atomic E-state index is 0.308. The van der Waals surface area contributed by atoms with Crippen LogP contribution in [0.1, 0.15) is 52.7 Å². The number of ketones is 1. The fourth-order valence-electron chi connectivity index (χ4n) is 1.98. The van der Waals surface area contributed by atoms with Crippen LogP contribution < -0.4 is 0 Å². The van der Waals surface area contributed by atoms with Gasteiger partial charge in [-0.1, -0.05) is 13.3 Å². The van der Waals surface area contributed by atoms with Gasteiger partial charge < -0.3 is 0 Å². The Kier molecular flexibility index (Phi) is 3.02. The molecule has 1 aliphatic rings. The highest BCUT2D eigenvalue weighted by atomic mass is 32.1. The maximum absolute atomic E-state index is 11.5. The molecule has 0 fully saturated rings. The van der Waals surface area contributed by atoms with E-state index in [1.54, 1.807) is 11.3 Å². The first kappa shape index (κ1) is 9.91. The minimum absolute atomic E-state index is 0.308. The van der Waals surface area contributed by atoms with Crippen molar-refractivity contribution in [3.05, 3.63) is 21.4 Å². The first-order valence-corrected chi connectivity index (χ1v) is 6.27. The van der Waals surface area contributed by atoms with Crippen LogP contribution in [-0.4, -0.2) is 5.78 Å². The fourth-order valence-corrected chi connectivity index (χ4v) is 3.24. The molecule has 1 nitrogen and oxygen atoms in total. The van der Waals surface area contributed by atoms with Crippen LogP contribution in [0.2, 0.25) is 0 Å². The average Bonchev–Trinajstić information content (AvgIpc) is 2.49. The van der Waals surface area contributed by atoms with Crippen LogP contribution in [0.15, 0.2) is 6.07 Å². The summed E-state index contributed by atoms with van der Waals surface area (Å²) in [4.78, 5) is 14.0. The molecule has 2 rings (SSSR count). The Hall–Kier alpha value is -0.630. The zero-order valence-electron chi connectivity index (χ0n) is 8.64. The number of Topliss-reactive ketones (excluding diaryl/α,β-unsaturated/α-hetero) is 1. The van der Waals surface area contributed by atoms with Gasteiger partial charge in [-0.05, 0) is 37.3 Å². The van der Waals surface area contributed by atoms with Crippen LogP contribution >= 0.6 is 11.3 Å². The van der Waals surface area contributed by atoms with Gasteiger partial charge in [-0.15, -0.1) is 11.3 Å². The van der Waals surface area contributed by atoms with E-state index in [1.807, 2.05) is 6.92 Å². The molecule has 0 amide bonds. The quantitative estimate of drug-likeness (QED) is 0.536. The van der Waals surface area contributed by atoms with Crippen molar-refractivity contribution in [2.75, 3.05) is 0 Å². The summed E-state index contributed by atoms with van der Waals surface area (Å²) in [5.41, 5.74) is 1.45. The van der Waals surface area contributed by atoms with Crippen LogP contribution in [0.4, 0.5) is 0 Å². The molecule has 76 valence electrons. The van der Waals surface area contributed by atoms with Gasteiger partial charge in [0.1, 0.15) is 0 Å². The first-order valence-electron chi connectivity index (χ1n) is 5.46. The molecule has 0 aliphatic heterocycles. The van der Waals surface area contributed by atoms with Crippen LogP contribution in [0.25, 0.3) is 0 Å². The summed E-state index contributed by atoms with van der Waals surface area (Å²) < 4.78 is 0. The van der Waals surface area contributed by atoms with Crippen molar-refractivity contribution in [3.63, 3.8) is 0 Å². The molecule has 1 aromatic rings. The van der Waals surface area contributed by atoms with Crippen LogP contribution in [0.5, 0.6) is 0 Å². The fraction of sp³-hybridized carbons (Fsp3) is 0.583. The van der Waals surface area contributed by atoms with Gasteiger partial charge in [-0.3, -0.25) is 4.79 Å². The van der Waals surface area contributed by atoms with Gasteiger partial charge in [0, 0.05) is 11.3 Å². The number of aryl methyl sites for hydroxylation is 2. The molecule has 0 spiro atoms. The Balaban J connectivity index is 2.26. The summed E-state index contributed by atoms with van der Waals surface area (Å²) >= 11 is 1.73. The molecule has 1 aromatic heterocycles. The standard InChI is InChI=1S/C12H16OS/c1-2-10(13)12-8-9-6-4-3-5-7-11(9)14-12/h8H,2-7H2,1H3. The van der Waals surface area contributed by atoms with Crippen molar-refractivity contribution in [1.29, 1.82) is 0 Å². The maximum atomic E-state index is 11.5. The second-order valence-electron chi connectivity index (χ2n) is 3.90. The van der Waals surface area contributed by atoms with E-state index in [-0.39, 0.29) is 0 Å². The Morgan fingerprint density at radius 2 is 2.14 bits per heavy atom. The van der Waals surface area contributed by atoms with E-state index in [9.17, 15) is 4.79 Å². The predicted molar refractivity (Wildman–Crippen MR) is 60.2 cm³/mol. The molecule has 0 unspecified atom stereocenters. The molecular weight excluding hydrogens is 192 g/mol. The summed E-state index contributed by atoms with van der Waals surface area (Å²) in [6.45, 7) is 1.94. The average molecular weight is 208 g/mol. The van der Waals surface area contributed by atoms with Crippen molar-refractivity contribution in [1.82, 2.24) is 0 Å². The number of carbonyl (C=O) groups is 1. The second kappa shape index (κ2) is 4.26. The van der Waals surface area contributed by atoms with Gasteiger partial charge in [0.05, 0.1) is 4.88 Å². The lowest BCUT2D eigenvalue weighted by molar-refractivity contribution is 0.0992. The summed E-state index contributed by atoms with van der Waals surface area (Å²) in [5, 5.41) is 0. The molecule has 0 N–H and O–H groups in total. The molecule has 0 bridgehead atoms. The summed E-state index contributed by atoms with van der Waals surface area (Å²) in [5.74, 6) is 0.308. The summed E-state index contributed by atoms with van der Waals surface area (Å²) in [6, 6.07) is 2.14. The number of thiophene rings is 1. The van der Waals surface area contributed by atoms with Crippen molar-refractivity contribution < 1.29 is 4.79 Å². The summed E-state index contributed by atoms with van der Waals surface area (Å²) in [7, 11) is 0. The Morgan fingerprint density at radius 1 is 1.36 bits per heavy atom. The lowest BCUT2D eigenvalue weighted by Crippen LogP contribution is -1.91. The van der Waals surface area contributed by atoms with E-state index in [0.717, 1.165) is 4.88 Å².